The molecule has 5 rings (SSSR count). The van der Waals surface area contributed by atoms with E-state index in [4.69, 9.17) is 0 Å². The second-order valence-electron chi connectivity index (χ2n) is 7.38. The van der Waals surface area contributed by atoms with Crippen molar-refractivity contribution in [2.75, 3.05) is 4.90 Å². The van der Waals surface area contributed by atoms with Gasteiger partial charge in [-0.1, -0.05) is 17.4 Å². The zero-order valence-electron chi connectivity index (χ0n) is 16.8. The number of rotatable bonds is 3. The first kappa shape index (κ1) is 21.4. The van der Waals surface area contributed by atoms with E-state index in [9.17, 15) is 27.9 Å². The van der Waals surface area contributed by atoms with Crippen molar-refractivity contribution in [1.29, 1.82) is 0 Å². The first-order valence-corrected chi connectivity index (χ1v) is 11.3. The molecule has 33 heavy (non-hydrogen) atoms. The van der Waals surface area contributed by atoms with E-state index in [2.05, 4.69) is 4.98 Å². The van der Waals surface area contributed by atoms with Crippen LogP contribution in [-0.2, 0) is 9.59 Å². The highest BCUT2D eigenvalue weighted by Gasteiger charge is 2.48. The maximum atomic E-state index is 13.7. The number of fused-ring (bicyclic) bond motifs is 1. The van der Waals surface area contributed by atoms with E-state index in [0.29, 0.717) is 9.58 Å². The van der Waals surface area contributed by atoms with Gasteiger partial charge in [-0.2, -0.15) is 0 Å². The topological polar surface area (TPSA) is 70.5 Å². The third kappa shape index (κ3) is 3.42. The summed E-state index contributed by atoms with van der Waals surface area (Å²) in [5, 5.41) is 12.8. The molecule has 0 saturated carbocycles. The highest BCUT2D eigenvalue weighted by Crippen LogP contribution is 2.45. The number of aryl methyl sites for hydroxylation is 1. The van der Waals surface area contributed by atoms with Gasteiger partial charge >= 0.3 is 5.91 Å². The summed E-state index contributed by atoms with van der Waals surface area (Å²) in [6, 6.07) is 8.18. The van der Waals surface area contributed by atoms with E-state index >= 15 is 0 Å². The standard InChI is InChI=1S/C23H13F3N2O3S2/c1-10-7-11(4-5-12(10)24)20(29)18-19(16-3-2-6-32-16)28(22(31)21(18)30)23-27-15-8-13(25)14(26)9-17(15)33-23/h2-9,19,29H,1H3/b20-18+. The number of thiazole rings is 1. The number of nitrogens with zero attached hydrogens (tertiary/aromatic N) is 2. The Labute approximate surface area is 193 Å². The maximum absolute atomic E-state index is 13.7. The Balaban J connectivity index is 1.71. The Bertz CT molecular complexity index is 1440. The number of hydrogen-bond donors (Lipinski definition) is 1. The number of hydrogen-bond acceptors (Lipinski definition) is 6. The summed E-state index contributed by atoms with van der Waals surface area (Å²) in [7, 11) is 0. The van der Waals surface area contributed by atoms with Crippen molar-refractivity contribution in [3.63, 3.8) is 0 Å². The lowest BCUT2D eigenvalue weighted by atomic mass is 9.99. The number of benzene rings is 2. The molecule has 1 atom stereocenters. The quantitative estimate of drug-likeness (QED) is 0.229. The largest absolute Gasteiger partial charge is 0.507 e. The summed E-state index contributed by atoms with van der Waals surface area (Å²) in [6.07, 6.45) is 0. The molecule has 1 saturated heterocycles. The molecule has 5 nitrogen and oxygen atoms in total. The van der Waals surface area contributed by atoms with Crippen molar-refractivity contribution in [3.8, 4) is 0 Å². The molecule has 1 unspecified atom stereocenters. The predicted octanol–water partition coefficient (Wildman–Crippen LogP) is 5.71. The fraction of sp³-hybridized carbons (Fsp3) is 0.0870. The van der Waals surface area contributed by atoms with Gasteiger partial charge in [0.1, 0.15) is 17.6 Å². The first-order valence-electron chi connectivity index (χ1n) is 9.62. The SMILES string of the molecule is Cc1cc(/C(O)=C2\C(=O)C(=O)N(c3nc4cc(F)c(F)cc4s3)C2c2cccs2)ccc1F. The number of aliphatic hydroxyl groups is 1. The van der Waals surface area contributed by atoms with Crippen LogP contribution in [0.4, 0.5) is 18.3 Å². The number of anilines is 1. The summed E-state index contributed by atoms with van der Waals surface area (Å²) in [4.78, 5) is 32.1. The first-order chi connectivity index (χ1) is 15.8. The van der Waals surface area contributed by atoms with E-state index < -0.39 is 40.9 Å². The molecule has 1 N–H and O–H groups in total. The Morgan fingerprint density at radius 2 is 1.82 bits per heavy atom. The molecule has 0 spiro atoms. The average Bonchev–Trinajstić information content (AvgIpc) is 3.49. The van der Waals surface area contributed by atoms with Crippen LogP contribution in [0.25, 0.3) is 16.0 Å². The van der Waals surface area contributed by atoms with Crippen molar-refractivity contribution < 1.29 is 27.9 Å². The van der Waals surface area contributed by atoms with Gasteiger partial charge in [-0.25, -0.2) is 18.2 Å². The summed E-state index contributed by atoms with van der Waals surface area (Å²) >= 11 is 2.19. The van der Waals surface area contributed by atoms with Crippen molar-refractivity contribution in [2.24, 2.45) is 0 Å². The van der Waals surface area contributed by atoms with Gasteiger partial charge in [-0.05, 0) is 48.2 Å². The lowest BCUT2D eigenvalue weighted by Gasteiger charge is -2.21. The van der Waals surface area contributed by atoms with Crippen LogP contribution in [0.5, 0.6) is 0 Å². The van der Waals surface area contributed by atoms with Crippen LogP contribution in [0.2, 0.25) is 0 Å². The van der Waals surface area contributed by atoms with Crippen LogP contribution in [0.3, 0.4) is 0 Å². The second-order valence-corrected chi connectivity index (χ2v) is 9.37. The number of aliphatic hydroxyl groups excluding tert-OH is 1. The number of thiophene rings is 1. The number of ketones is 1. The van der Waals surface area contributed by atoms with Gasteiger partial charge < -0.3 is 5.11 Å². The summed E-state index contributed by atoms with van der Waals surface area (Å²) in [6.45, 7) is 1.51. The van der Waals surface area contributed by atoms with Crippen LogP contribution in [0, 0.1) is 24.4 Å². The predicted molar refractivity (Wildman–Crippen MR) is 120 cm³/mol. The second kappa shape index (κ2) is 7.82. The van der Waals surface area contributed by atoms with E-state index in [0.717, 1.165) is 34.4 Å². The monoisotopic (exact) mass is 486 g/mol. The summed E-state index contributed by atoms with van der Waals surface area (Å²) in [5.74, 6) is -4.94. The maximum Gasteiger partial charge on any atom is 0.301 e. The van der Waals surface area contributed by atoms with Crippen LogP contribution in [-0.4, -0.2) is 21.8 Å². The zero-order chi connectivity index (χ0) is 23.4. The smallest absolute Gasteiger partial charge is 0.301 e. The highest BCUT2D eigenvalue weighted by molar-refractivity contribution is 7.22. The molecule has 1 amide bonds. The van der Waals surface area contributed by atoms with Crippen LogP contribution in [0.15, 0.2) is 53.4 Å². The van der Waals surface area contributed by atoms with E-state index in [1.54, 1.807) is 17.5 Å². The lowest BCUT2D eigenvalue weighted by Crippen LogP contribution is -2.28. The molecule has 3 heterocycles. The van der Waals surface area contributed by atoms with Gasteiger partial charge in [-0.3, -0.25) is 14.5 Å². The minimum absolute atomic E-state index is 0.0600. The minimum atomic E-state index is -1.08. The van der Waals surface area contributed by atoms with Gasteiger partial charge in [0, 0.05) is 16.5 Å². The van der Waals surface area contributed by atoms with Crippen molar-refractivity contribution in [1.82, 2.24) is 4.98 Å². The van der Waals surface area contributed by atoms with E-state index in [1.165, 1.54) is 30.4 Å². The average molecular weight is 486 g/mol. The van der Waals surface area contributed by atoms with Crippen LogP contribution in [0.1, 0.15) is 22.0 Å². The fourth-order valence-electron chi connectivity index (χ4n) is 3.71. The number of halogens is 3. The van der Waals surface area contributed by atoms with E-state index in [1.807, 2.05) is 0 Å². The number of carbonyl (C=O) groups excluding carboxylic acids is 2. The van der Waals surface area contributed by atoms with Crippen molar-refractivity contribution in [2.45, 2.75) is 13.0 Å². The molecule has 0 radical (unpaired) electrons. The zero-order valence-corrected chi connectivity index (χ0v) is 18.4. The molecular weight excluding hydrogens is 473 g/mol. The molecule has 4 aromatic rings. The lowest BCUT2D eigenvalue weighted by molar-refractivity contribution is -0.132. The number of aromatic nitrogens is 1. The van der Waals surface area contributed by atoms with Crippen LogP contribution < -0.4 is 4.90 Å². The fourth-order valence-corrected chi connectivity index (χ4v) is 5.53. The molecule has 0 bridgehead atoms. The van der Waals surface area contributed by atoms with Gasteiger partial charge in [-0.15, -0.1) is 11.3 Å². The Kier molecular flexibility index (Phi) is 5.06. The highest BCUT2D eigenvalue weighted by atomic mass is 32.1. The van der Waals surface area contributed by atoms with Gasteiger partial charge in [0.05, 0.1) is 15.8 Å². The van der Waals surface area contributed by atoms with Crippen molar-refractivity contribution >= 4 is 55.5 Å². The molecule has 1 aliphatic heterocycles. The number of amides is 1. The Hall–Kier alpha value is -3.50. The van der Waals surface area contributed by atoms with Gasteiger partial charge in [0.15, 0.2) is 16.8 Å². The molecule has 10 heteroatoms. The summed E-state index contributed by atoms with van der Waals surface area (Å²) < 4.78 is 41.4. The van der Waals surface area contributed by atoms with Crippen molar-refractivity contribution in [3.05, 3.63) is 86.9 Å². The molecule has 2 aromatic heterocycles. The normalized spacial score (nSPS) is 17.9. The van der Waals surface area contributed by atoms with E-state index in [-0.39, 0.29) is 27.3 Å². The van der Waals surface area contributed by atoms with Gasteiger partial charge in [0.25, 0.3) is 5.78 Å². The molecule has 166 valence electrons. The molecule has 1 fully saturated rings. The Morgan fingerprint density at radius 3 is 2.52 bits per heavy atom. The number of Topliss-reactive ketones (excluding diaryl/α,β-unsaturated/α-hetero) is 1. The third-order valence-electron chi connectivity index (χ3n) is 5.31. The van der Waals surface area contributed by atoms with Gasteiger partial charge in [0.2, 0.25) is 0 Å². The minimum Gasteiger partial charge on any atom is -0.507 e. The molecule has 2 aromatic carbocycles. The summed E-state index contributed by atoms with van der Waals surface area (Å²) in [5.41, 5.74) is 0.401. The molecule has 0 aliphatic carbocycles. The van der Waals surface area contributed by atoms with Crippen LogP contribution >= 0.6 is 22.7 Å². The molecular formula is C23H13F3N2O3S2. The number of carbonyl (C=O) groups is 2. The molecule has 1 aliphatic rings. The third-order valence-corrected chi connectivity index (χ3v) is 7.26. The Morgan fingerprint density at radius 1 is 1.06 bits per heavy atom.